The van der Waals surface area contributed by atoms with Crippen LogP contribution in [-0.2, 0) is 9.59 Å². The Kier molecular flexibility index (Phi) is 4.48. The molecule has 1 aromatic carbocycles. The maximum absolute atomic E-state index is 12.0. The van der Waals surface area contributed by atoms with Crippen LogP contribution in [0.3, 0.4) is 0 Å². The average Bonchev–Trinajstić information content (AvgIpc) is 2.38. The van der Waals surface area contributed by atoms with Gasteiger partial charge in [0.2, 0.25) is 5.91 Å². The van der Waals surface area contributed by atoms with E-state index in [0.717, 1.165) is 5.56 Å². The van der Waals surface area contributed by atoms with Gasteiger partial charge in [0.15, 0.2) is 0 Å². The lowest BCUT2D eigenvalue weighted by atomic mass is 9.95. The lowest BCUT2D eigenvalue weighted by Crippen LogP contribution is -2.52. The number of amides is 1. The minimum atomic E-state index is -1.21. The summed E-state index contributed by atoms with van der Waals surface area (Å²) < 4.78 is 0. The third-order valence-corrected chi connectivity index (χ3v) is 3.27. The summed E-state index contributed by atoms with van der Waals surface area (Å²) in [6.07, 6.45) is 0.343. The van der Waals surface area contributed by atoms with Crippen molar-refractivity contribution in [3.8, 4) is 0 Å². The zero-order valence-corrected chi connectivity index (χ0v) is 10.9. The van der Waals surface area contributed by atoms with Crippen molar-refractivity contribution in [1.82, 2.24) is 5.32 Å². The van der Waals surface area contributed by atoms with Gasteiger partial charge in [0, 0.05) is 0 Å². The molecule has 0 bridgehead atoms. The number of carbonyl (C=O) groups excluding carboxylic acids is 1. The Labute approximate surface area is 107 Å². The number of carbonyl (C=O) groups is 2. The average molecular weight is 249 g/mol. The van der Waals surface area contributed by atoms with Crippen LogP contribution in [0.15, 0.2) is 30.3 Å². The molecule has 0 saturated heterocycles. The highest BCUT2D eigenvalue weighted by Crippen LogP contribution is 2.17. The normalized spacial score (nSPS) is 15.5. The first-order valence-electron chi connectivity index (χ1n) is 6.01. The molecule has 1 rings (SSSR count). The summed E-state index contributed by atoms with van der Waals surface area (Å²) in [5.74, 6) is -1.65. The molecule has 1 aromatic rings. The van der Waals surface area contributed by atoms with E-state index in [2.05, 4.69) is 5.32 Å². The molecule has 0 saturated carbocycles. The van der Waals surface area contributed by atoms with E-state index in [-0.39, 0.29) is 11.8 Å². The van der Waals surface area contributed by atoms with E-state index < -0.39 is 11.5 Å². The summed E-state index contributed by atoms with van der Waals surface area (Å²) in [7, 11) is 0. The van der Waals surface area contributed by atoms with E-state index in [4.69, 9.17) is 5.11 Å². The third kappa shape index (κ3) is 3.09. The largest absolute Gasteiger partial charge is 0.480 e. The van der Waals surface area contributed by atoms with Gasteiger partial charge in [0.25, 0.3) is 0 Å². The molecule has 98 valence electrons. The summed E-state index contributed by atoms with van der Waals surface area (Å²) in [5, 5.41) is 11.7. The van der Waals surface area contributed by atoms with Gasteiger partial charge < -0.3 is 10.4 Å². The van der Waals surface area contributed by atoms with Crippen molar-refractivity contribution in [2.45, 2.75) is 38.6 Å². The van der Waals surface area contributed by atoms with Gasteiger partial charge in [0.1, 0.15) is 5.54 Å². The molecule has 0 aliphatic rings. The minimum absolute atomic E-state index is 0.270. The molecule has 1 amide bonds. The first kappa shape index (κ1) is 14.2. The fourth-order valence-corrected chi connectivity index (χ4v) is 1.57. The maximum atomic E-state index is 12.0. The van der Waals surface area contributed by atoms with Gasteiger partial charge in [0.05, 0.1) is 5.92 Å². The Morgan fingerprint density at radius 3 is 2.33 bits per heavy atom. The van der Waals surface area contributed by atoms with Crippen molar-refractivity contribution >= 4 is 11.9 Å². The van der Waals surface area contributed by atoms with Gasteiger partial charge in [-0.25, -0.2) is 4.79 Å². The Hall–Kier alpha value is -1.84. The number of carboxylic acids is 1. The number of aliphatic carboxylic acids is 1. The second kappa shape index (κ2) is 5.67. The minimum Gasteiger partial charge on any atom is -0.480 e. The van der Waals surface area contributed by atoms with Crippen LogP contribution in [0.4, 0.5) is 0 Å². The van der Waals surface area contributed by atoms with E-state index in [9.17, 15) is 9.59 Å². The van der Waals surface area contributed by atoms with E-state index in [1.807, 2.05) is 30.3 Å². The zero-order chi connectivity index (χ0) is 13.8. The molecule has 0 fully saturated rings. The molecule has 2 N–H and O–H groups in total. The molecule has 0 aliphatic carbocycles. The summed E-state index contributed by atoms with van der Waals surface area (Å²) in [4.78, 5) is 23.2. The third-order valence-electron chi connectivity index (χ3n) is 3.27. The topological polar surface area (TPSA) is 66.4 Å². The van der Waals surface area contributed by atoms with Crippen LogP contribution in [0, 0.1) is 0 Å². The van der Waals surface area contributed by atoms with E-state index in [0.29, 0.717) is 6.42 Å². The maximum Gasteiger partial charge on any atom is 0.329 e. The predicted octanol–water partition coefficient (Wildman–Crippen LogP) is 2.16. The highest BCUT2D eigenvalue weighted by atomic mass is 16.4. The predicted molar refractivity (Wildman–Crippen MR) is 69.3 cm³/mol. The molecule has 0 heterocycles. The Morgan fingerprint density at radius 2 is 1.89 bits per heavy atom. The SMILES string of the molecule is CCC(C)(NC(=O)[C@H](C)c1ccccc1)C(=O)O. The molecule has 0 radical (unpaired) electrons. The number of benzene rings is 1. The standard InChI is InChI=1S/C14H19NO3/c1-4-14(3,13(17)18)15-12(16)10(2)11-8-6-5-7-9-11/h5-10H,4H2,1-3H3,(H,15,16)(H,17,18)/t10-,14?/m1/s1. The molecule has 0 aliphatic heterocycles. The van der Waals surface area contributed by atoms with Crippen LogP contribution in [0.2, 0.25) is 0 Å². The second-order valence-electron chi connectivity index (χ2n) is 4.61. The van der Waals surface area contributed by atoms with Crippen LogP contribution < -0.4 is 5.32 Å². The highest BCUT2D eigenvalue weighted by molar-refractivity contribution is 5.89. The summed E-state index contributed by atoms with van der Waals surface area (Å²) in [6, 6.07) is 9.30. The van der Waals surface area contributed by atoms with Gasteiger partial charge in [-0.2, -0.15) is 0 Å². The second-order valence-corrected chi connectivity index (χ2v) is 4.61. The van der Waals surface area contributed by atoms with Crippen LogP contribution >= 0.6 is 0 Å². The van der Waals surface area contributed by atoms with Crippen molar-refractivity contribution in [1.29, 1.82) is 0 Å². The van der Waals surface area contributed by atoms with Crippen LogP contribution in [-0.4, -0.2) is 22.5 Å². The van der Waals surface area contributed by atoms with Crippen molar-refractivity contribution in [2.24, 2.45) is 0 Å². The monoisotopic (exact) mass is 249 g/mol. The quantitative estimate of drug-likeness (QED) is 0.840. The summed E-state index contributed by atoms with van der Waals surface area (Å²) in [5.41, 5.74) is -0.334. The van der Waals surface area contributed by atoms with E-state index in [1.54, 1.807) is 13.8 Å². The first-order valence-corrected chi connectivity index (χ1v) is 6.01. The first-order chi connectivity index (χ1) is 8.40. The zero-order valence-electron chi connectivity index (χ0n) is 10.9. The molecule has 0 aromatic heterocycles. The Morgan fingerprint density at radius 1 is 1.33 bits per heavy atom. The number of nitrogens with one attached hydrogen (secondary N) is 1. The Bertz CT molecular complexity index is 430. The van der Waals surface area contributed by atoms with Gasteiger partial charge in [-0.3, -0.25) is 4.79 Å². The van der Waals surface area contributed by atoms with Crippen molar-refractivity contribution in [3.63, 3.8) is 0 Å². The van der Waals surface area contributed by atoms with Crippen LogP contribution in [0.1, 0.15) is 38.7 Å². The lowest BCUT2D eigenvalue weighted by Gasteiger charge is -2.26. The van der Waals surface area contributed by atoms with E-state index >= 15 is 0 Å². The lowest BCUT2D eigenvalue weighted by molar-refractivity contribution is -0.147. The molecule has 4 nitrogen and oxygen atoms in total. The summed E-state index contributed by atoms with van der Waals surface area (Å²) >= 11 is 0. The van der Waals surface area contributed by atoms with Crippen LogP contribution in [0.25, 0.3) is 0 Å². The number of carboxylic acid groups (broad SMARTS) is 1. The van der Waals surface area contributed by atoms with Crippen molar-refractivity contribution < 1.29 is 14.7 Å². The fraction of sp³-hybridized carbons (Fsp3) is 0.429. The van der Waals surface area contributed by atoms with Crippen molar-refractivity contribution in [2.75, 3.05) is 0 Å². The molecule has 18 heavy (non-hydrogen) atoms. The molecule has 4 heteroatoms. The molecule has 0 spiro atoms. The summed E-state index contributed by atoms with van der Waals surface area (Å²) in [6.45, 7) is 5.02. The number of hydrogen-bond acceptors (Lipinski definition) is 2. The van der Waals surface area contributed by atoms with Gasteiger partial charge >= 0.3 is 5.97 Å². The Balaban J connectivity index is 2.80. The molecular weight excluding hydrogens is 230 g/mol. The van der Waals surface area contributed by atoms with E-state index in [1.165, 1.54) is 6.92 Å². The number of rotatable bonds is 5. The molecular formula is C14H19NO3. The molecule has 2 atom stereocenters. The van der Waals surface area contributed by atoms with Crippen LogP contribution in [0.5, 0.6) is 0 Å². The molecule has 1 unspecified atom stereocenters. The van der Waals surface area contributed by atoms with Gasteiger partial charge in [-0.05, 0) is 25.8 Å². The smallest absolute Gasteiger partial charge is 0.329 e. The van der Waals surface area contributed by atoms with Gasteiger partial charge in [-0.15, -0.1) is 0 Å². The van der Waals surface area contributed by atoms with Crippen molar-refractivity contribution in [3.05, 3.63) is 35.9 Å². The number of hydrogen-bond donors (Lipinski definition) is 2. The fourth-order valence-electron chi connectivity index (χ4n) is 1.57. The highest BCUT2D eigenvalue weighted by Gasteiger charge is 2.34. The van der Waals surface area contributed by atoms with Gasteiger partial charge in [-0.1, -0.05) is 37.3 Å².